The quantitative estimate of drug-likeness (QED) is 0.891. The van der Waals surface area contributed by atoms with Crippen LogP contribution in [0.2, 0.25) is 0 Å². The molecule has 20 heavy (non-hydrogen) atoms. The Labute approximate surface area is 120 Å². The summed E-state index contributed by atoms with van der Waals surface area (Å²) in [6.07, 6.45) is 8.40. The highest BCUT2D eigenvalue weighted by Gasteiger charge is 2.21. The first-order valence-corrected chi connectivity index (χ1v) is 7.58. The highest BCUT2D eigenvalue weighted by Crippen LogP contribution is 2.35. The van der Waals surface area contributed by atoms with Crippen molar-refractivity contribution in [1.29, 1.82) is 0 Å². The van der Waals surface area contributed by atoms with E-state index in [4.69, 9.17) is 10.8 Å². The zero-order chi connectivity index (χ0) is 14.1. The van der Waals surface area contributed by atoms with Crippen molar-refractivity contribution in [3.8, 4) is 5.69 Å². The number of benzene rings is 1. The topological polar surface area (TPSA) is 43.8 Å². The molecule has 3 nitrogen and oxygen atoms in total. The van der Waals surface area contributed by atoms with Crippen molar-refractivity contribution in [2.24, 2.45) is 0 Å². The van der Waals surface area contributed by atoms with Gasteiger partial charge in [-0.25, -0.2) is 4.68 Å². The molecule has 0 atom stereocenters. The van der Waals surface area contributed by atoms with Gasteiger partial charge in [-0.1, -0.05) is 37.0 Å². The average molecular weight is 269 g/mol. The van der Waals surface area contributed by atoms with Crippen molar-refractivity contribution in [3.05, 3.63) is 41.2 Å². The predicted molar refractivity (Wildman–Crippen MR) is 83.3 cm³/mol. The smallest absolute Gasteiger partial charge is 0.0889 e. The maximum Gasteiger partial charge on any atom is 0.0889 e. The summed E-state index contributed by atoms with van der Waals surface area (Å²) in [7, 11) is 0. The summed E-state index contributed by atoms with van der Waals surface area (Å²) in [5, 5.41) is 4.79. The minimum Gasteiger partial charge on any atom is -0.396 e. The second kappa shape index (κ2) is 5.31. The number of rotatable bonds is 2. The van der Waals surface area contributed by atoms with E-state index < -0.39 is 0 Å². The van der Waals surface area contributed by atoms with Crippen LogP contribution in [0.1, 0.15) is 54.8 Å². The number of hydrogen-bond donors (Lipinski definition) is 1. The summed E-state index contributed by atoms with van der Waals surface area (Å²) in [5.41, 5.74) is 11.8. The van der Waals surface area contributed by atoms with E-state index in [9.17, 15) is 0 Å². The van der Waals surface area contributed by atoms with Crippen LogP contribution < -0.4 is 5.73 Å². The van der Waals surface area contributed by atoms with Crippen LogP contribution in [0.3, 0.4) is 0 Å². The summed E-state index contributed by atoms with van der Waals surface area (Å²) >= 11 is 0. The highest BCUT2D eigenvalue weighted by atomic mass is 15.3. The fourth-order valence-corrected chi connectivity index (χ4v) is 3.28. The Morgan fingerprint density at radius 1 is 1.15 bits per heavy atom. The molecule has 2 N–H and O–H groups in total. The van der Waals surface area contributed by atoms with Crippen molar-refractivity contribution >= 4 is 5.69 Å². The highest BCUT2D eigenvalue weighted by molar-refractivity contribution is 5.49. The molecule has 0 saturated heterocycles. The molecule has 0 unspecified atom stereocenters. The van der Waals surface area contributed by atoms with Gasteiger partial charge < -0.3 is 5.73 Å². The SMILES string of the molecule is Cc1ccc(-n2cc(N)c(C3CCCCC3)n2)c(C)c1. The van der Waals surface area contributed by atoms with Crippen LogP contribution >= 0.6 is 0 Å². The lowest BCUT2D eigenvalue weighted by atomic mass is 9.86. The third-order valence-corrected chi connectivity index (χ3v) is 4.36. The van der Waals surface area contributed by atoms with Crippen molar-refractivity contribution in [2.75, 3.05) is 5.73 Å². The van der Waals surface area contributed by atoms with E-state index in [1.54, 1.807) is 0 Å². The van der Waals surface area contributed by atoms with Gasteiger partial charge in [0.05, 0.1) is 23.3 Å². The van der Waals surface area contributed by atoms with Gasteiger partial charge in [0.2, 0.25) is 0 Å². The van der Waals surface area contributed by atoms with Gasteiger partial charge in [-0.2, -0.15) is 5.10 Å². The minimum absolute atomic E-state index is 0.552. The molecule has 1 saturated carbocycles. The van der Waals surface area contributed by atoms with Gasteiger partial charge in [-0.15, -0.1) is 0 Å². The second-order valence-electron chi connectivity index (χ2n) is 6.04. The van der Waals surface area contributed by atoms with Gasteiger partial charge in [0.15, 0.2) is 0 Å². The standard InChI is InChI=1S/C17H23N3/c1-12-8-9-16(13(2)10-12)20-11-15(18)17(19-20)14-6-4-3-5-7-14/h8-11,14H,3-7,18H2,1-2H3. The molecule has 0 bridgehead atoms. The van der Waals surface area contributed by atoms with Gasteiger partial charge in [-0.05, 0) is 38.3 Å². The summed E-state index contributed by atoms with van der Waals surface area (Å²) < 4.78 is 1.95. The Balaban J connectivity index is 1.95. The second-order valence-corrected chi connectivity index (χ2v) is 6.04. The van der Waals surface area contributed by atoms with Gasteiger partial charge >= 0.3 is 0 Å². The number of anilines is 1. The van der Waals surface area contributed by atoms with E-state index in [-0.39, 0.29) is 0 Å². The summed E-state index contributed by atoms with van der Waals surface area (Å²) in [6, 6.07) is 6.44. The van der Waals surface area contributed by atoms with E-state index in [1.807, 2.05) is 10.9 Å². The van der Waals surface area contributed by atoms with E-state index >= 15 is 0 Å². The lowest BCUT2D eigenvalue weighted by molar-refractivity contribution is 0.435. The Morgan fingerprint density at radius 2 is 1.90 bits per heavy atom. The summed E-state index contributed by atoms with van der Waals surface area (Å²) in [4.78, 5) is 0. The molecule has 1 fully saturated rings. The number of aryl methyl sites for hydroxylation is 2. The molecule has 0 radical (unpaired) electrons. The molecule has 3 heteroatoms. The third kappa shape index (κ3) is 2.45. The molecule has 3 rings (SSSR count). The molecule has 2 aromatic rings. The van der Waals surface area contributed by atoms with E-state index in [0.29, 0.717) is 5.92 Å². The molecule has 0 spiro atoms. The van der Waals surface area contributed by atoms with Crippen molar-refractivity contribution in [1.82, 2.24) is 9.78 Å². The van der Waals surface area contributed by atoms with Gasteiger partial charge in [0, 0.05) is 5.92 Å². The molecule has 1 heterocycles. The van der Waals surface area contributed by atoms with Gasteiger partial charge in [0.1, 0.15) is 0 Å². The zero-order valence-electron chi connectivity index (χ0n) is 12.4. The molecular formula is C17H23N3. The molecule has 1 aliphatic carbocycles. The molecule has 0 aliphatic heterocycles. The van der Waals surface area contributed by atoms with E-state index in [1.165, 1.54) is 43.2 Å². The number of nitrogen functional groups attached to an aromatic ring is 1. The average Bonchev–Trinajstić information content (AvgIpc) is 2.81. The Kier molecular flexibility index (Phi) is 3.51. The van der Waals surface area contributed by atoms with Gasteiger partial charge in [-0.3, -0.25) is 0 Å². The maximum absolute atomic E-state index is 6.21. The fourth-order valence-electron chi connectivity index (χ4n) is 3.28. The van der Waals surface area contributed by atoms with Crippen molar-refractivity contribution in [2.45, 2.75) is 51.9 Å². The molecule has 1 aromatic carbocycles. The third-order valence-electron chi connectivity index (χ3n) is 4.36. The Hall–Kier alpha value is -1.77. The van der Waals surface area contributed by atoms with Crippen LogP contribution in [0.5, 0.6) is 0 Å². The van der Waals surface area contributed by atoms with Crippen molar-refractivity contribution < 1.29 is 0 Å². The summed E-state index contributed by atoms with van der Waals surface area (Å²) in [5.74, 6) is 0.552. The first kappa shape index (κ1) is 13.2. The van der Waals surface area contributed by atoms with E-state index in [2.05, 4.69) is 32.0 Å². The van der Waals surface area contributed by atoms with Gasteiger partial charge in [0.25, 0.3) is 0 Å². The van der Waals surface area contributed by atoms with Crippen LogP contribution in [0.4, 0.5) is 5.69 Å². The largest absolute Gasteiger partial charge is 0.396 e. The Bertz CT molecular complexity index is 607. The van der Waals surface area contributed by atoms with Crippen LogP contribution in [-0.4, -0.2) is 9.78 Å². The lowest BCUT2D eigenvalue weighted by Crippen LogP contribution is -2.08. The fraction of sp³-hybridized carbons (Fsp3) is 0.471. The number of aromatic nitrogens is 2. The van der Waals surface area contributed by atoms with Crippen molar-refractivity contribution in [3.63, 3.8) is 0 Å². The molecule has 1 aliphatic rings. The number of nitrogens with zero attached hydrogens (tertiary/aromatic N) is 2. The molecule has 106 valence electrons. The summed E-state index contributed by atoms with van der Waals surface area (Å²) in [6.45, 7) is 4.24. The monoisotopic (exact) mass is 269 g/mol. The van der Waals surface area contributed by atoms with Crippen LogP contribution in [0.15, 0.2) is 24.4 Å². The Morgan fingerprint density at radius 3 is 2.60 bits per heavy atom. The molecule has 0 amide bonds. The first-order valence-electron chi connectivity index (χ1n) is 7.58. The normalized spacial score (nSPS) is 16.5. The van der Waals surface area contributed by atoms with E-state index in [0.717, 1.165) is 17.1 Å². The zero-order valence-corrected chi connectivity index (χ0v) is 12.4. The van der Waals surface area contributed by atoms with Crippen LogP contribution in [0.25, 0.3) is 5.69 Å². The first-order chi connectivity index (χ1) is 9.65. The van der Waals surface area contributed by atoms with Crippen LogP contribution in [0, 0.1) is 13.8 Å². The minimum atomic E-state index is 0.552. The molecular weight excluding hydrogens is 246 g/mol. The maximum atomic E-state index is 6.21. The number of nitrogens with two attached hydrogens (primary N) is 1. The van der Waals surface area contributed by atoms with Crippen LogP contribution in [-0.2, 0) is 0 Å². The predicted octanol–water partition coefficient (Wildman–Crippen LogP) is 4.12. The molecule has 1 aromatic heterocycles. The lowest BCUT2D eigenvalue weighted by Gasteiger charge is -2.20. The number of hydrogen-bond acceptors (Lipinski definition) is 2.